The van der Waals surface area contributed by atoms with Crippen LogP contribution in [0.4, 0.5) is 10.1 Å². The van der Waals surface area contributed by atoms with Gasteiger partial charge in [-0.25, -0.2) is 4.39 Å². The lowest BCUT2D eigenvalue weighted by Crippen LogP contribution is -2.14. The Hall–Kier alpha value is -0.870. The highest BCUT2D eigenvalue weighted by Crippen LogP contribution is 2.23. The summed E-state index contributed by atoms with van der Waals surface area (Å²) in [5.41, 5.74) is 6.22. The van der Waals surface area contributed by atoms with Gasteiger partial charge in [0.25, 0.3) is 0 Å². The van der Waals surface area contributed by atoms with E-state index >= 15 is 0 Å². The fraction of sp³-hybridized carbons (Fsp3) is 0.417. The third-order valence-corrected chi connectivity index (χ3v) is 3.00. The molecule has 5 heteroatoms. The molecule has 2 N–H and O–H groups in total. The number of ether oxygens (including phenoxy) is 1. The van der Waals surface area contributed by atoms with E-state index < -0.39 is 5.82 Å². The average molecular weight is 276 g/mol. The molecular formula is C12H15ClFNOS. The van der Waals surface area contributed by atoms with Gasteiger partial charge in [-0.1, -0.05) is 18.5 Å². The summed E-state index contributed by atoms with van der Waals surface area (Å²) in [7, 11) is 0. The van der Waals surface area contributed by atoms with Crippen LogP contribution in [0, 0.1) is 5.82 Å². The van der Waals surface area contributed by atoms with Crippen molar-refractivity contribution < 1.29 is 9.13 Å². The molecule has 94 valence electrons. The Balaban J connectivity index is 2.75. The highest BCUT2D eigenvalue weighted by molar-refractivity contribution is 7.80. The number of rotatable bonds is 4. The van der Waals surface area contributed by atoms with Gasteiger partial charge in [-0.05, 0) is 43.3 Å². The zero-order chi connectivity index (χ0) is 13.0. The molecule has 2 nitrogen and oxygen atoms in total. The topological polar surface area (TPSA) is 35.2 Å². The maximum absolute atomic E-state index is 13.1. The summed E-state index contributed by atoms with van der Waals surface area (Å²) in [6, 6.07) is 2.68. The smallest absolute Gasteiger partial charge is 0.164 e. The van der Waals surface area contributed by atoms with Crippen LogP contribution in [-0.4, -0.2) is 11.2 Å². The van der Waals surface area contributed by atoms with Gasteiger partial charge in [-0.3, -0.25) is 0 Å². The van der Waals surface area contributed by atoms with Crippen LogP contribution in [0.3, 0.4) is 0 Å². The molecule has 0 saturated carbocycles. The van der Waals surface area contributed by atoms with E-state index in [1.54, 1.807) is 0 Å². The first kappa shape index (κ1) is 14.2. The van der Waals surface area contributed by atoms with Gasteiger partial charge in [-0.2, -0.15) is 0 Å². The van der Waals surface area contributed by atoms with Crippen LogP contribution in [-0.2, 0) is 11.2 Å². The lowest BCUT2D eigenvalue weighted by atomic mass is 10.1. The van der Waals surface area contributed by atoms with E-state index in [0.717, 1.165) is 6.42 Å². The van der Waals surface area contributed by atoms with E-state index in [2.05, 4.69) is 0 Å². The number of anilines is 1. The van der Waals surface area contributed by atoms with Crippen molar-refractivity contribution in [3.8, 4) is 0 Å². The summed E-state index contributed by atoms with van der Waals surface area (Å²) in [4.78, 5) is 0. The number of hydrogen-bond acceptors (Lipinski definition) is 3. The minimum Gasteiger partial charge on any atom is -0.484 e. The molecule has 0 spiro atoms. The van der Waals surface area contributed by atoms with E-state index in [1.165, 1.54) is 12.1 Å². The third kappa shape index (κ3) is 4.13. The first-order valence-corrected chi connectivity index (χ1v) is 6.15. The lowest BCUT2D eigenvalue weighted by Gasteiger charge is -2.14. The van der Waals surface area contributed by atoms with Crippen LogP contribution in [0.1, 0.15) is 25.8 Å². The van der Waals surface area contributed by atoms with Crippen LogP contribution in [0.5, 0.6) is 0 Å². The maximum Gasteiger partial charge on any atom is 0.164 e. The Morgan fingerprint density at radius 2 is 2.24 bits per heavy atom. The summed E-state index contributed by atoms with van der Waals surface area (Å²) in [6.45, 7) is 3.95. The van der Waals surface area contributed by atoms with Gasteiger partial charge in [0.15, 0.2) is 5.05 Å². The van der Waals surface area contributed by atoms with E-state index in [-0.39, 0.29) is 11.8 Å². The fourth-order valence-electron chi connectivity index (χ4n) is 1.25. The van der Waals surface area contributed by atoms with Crippen molar-refractivity contribution in [2.24, 2.45) is 0 Å². The first-order valence-electron chi connectivity index (χ1n) is 5.37. The zero-order valence-electron chi connectivity index (χ0n) is 9.80. The number of hydrogen-bond donors (Lipinski definition) is 1. The summed E-state index contributed by atoms with van der Waals surface area (Å²) in [5, 5.41) is 0.749. The largest absolute Gasteiger partial charge is 0.484 e. The molecule has 1 unspecified atom stereocenters. The molecule has 1 aromatic rings. The number of thiocarbonyl (C=S) groups is 1. The normalized spacial score (nSPS) is 12.2. The standard InChI is InChI=1S/C12H15ClFNOS/c1-3-7(2)16-12(17)5-8-4-11(15)10(14)6-9(8)13/h4,6-7H,3,5,15H2,1-2H3. The molecule has 0 amide bonds. The predicted octanol–water partition coefficient (Wildman–Crippen LogP) is 3.75. The molecule has 0 heterocycles. The second kappa shape index (κ2) is 6.17. The molecule has 17 heavy (non-hydrogen) atoms. The molecular weight excluding hydrogens is 261 g/mol. The van der Waals surface area contributed by atoms with Crippen LogP contribution in [0.25, 0.3) is 0 Å². The van der Waals surface area contributed by atoms with Crippen LogP contribution >= 0.6 is 23.8 Å². The van der Waals surface area contributed by atoms with Crippen LogP contribution in [0.15, 0.2) is 12.1 Å². The monoisotopic (exact) mass is 275 g/mol. The molecule has 0 aliphatic rings. The fourth-order valence-corrected chi connectivity index (χ4v) is 1.79. The van der Waals surface area contributed by atoms with Crippen molar-refractivity contribution in [3.63, 3.8) is 0 Å². The highest BCUT2D eigenvalue weighted by atomic mass is 35.5. The number of nitrogens with two attached hydrogens (primary N) is 1. The molecule has 0 bridgehead atoms. The molecule has 0 radical (unpaired) electrons. The van der Waals surface area contributed by atoms with Gasteiger partial charge in [0, 0.05) is 11.4 Å². The Morgan fingerprint density at radius 1 is 1.59 bits per heavy atom. The van der Waals surface area contributed by atoms with E-state index in [0.29, 0.717) is 22.1 Å². The molecule has 0 fully saturated rings. The van der Waals surface area contributed by atoms with E-state index in [9.17, 15) is 4.39 Å². The average Bonchev–Trinajstić information content (AvgIpc) is 2.25. The van der Waals surface area contributed by atoms with Crippen molar-refractivity contribution in [2.75, 3.05) is 5.73 Å². The second-order valence-electron chi connectivity index (χ2n) is 3.85. The molecule has 0 saturated heterocycles. The number of halogens is 2. The van der Waals surface area contributed by atoms with Crippen molar-refractivity contribution in [3.05, 3.63) is 28.5 Å². The van der Waals surface area contributed by atoms with Gasteiger partial charge in [-0.15, -0.1) is 0 Å². The molecule has 1 atom stereocenters. The maximum atomic E-state index is 13.1. The molecule has 0 aromatic heterocycles. The van der Waals surface area contributed by atoms with Crippen molar-refractivity contribution >= 4 is 34.6 Å². The zero-order valence-corrected chi connectivity index (χ0v) is 11.4. The summed E-state index contributed by atoms with van der Waals surface area (Å²) in [5.74, 6) is -0.521. The molecule has 0 aliphatic carbocycles. The lowest BCUT2D eigenvalue weighted by molar-refractivity contribution is 0.206. The predicted molar refractivity (Wildman–Crippen MR) is 73.0 cm³/mol. The van der Waals surface area contributed by atoms with Gasteiger partial charge in [0.1, 0.15) is 5.82 Å². The Bertz CT molecular complexity index is 425. The van der Waals surface area contributed by atoms with Crippen molar-refractivity contribution in [2.45, 2.75) is 32.8 Å². The van der Waals surface area contributed by atoms with Crippen molar-refractivity contribution in [1.82, 2.24) is 0 Å². The van der Waals surface area contributed by atoms with Crippen LogP contribution in [0.2, 0.25) is 5.02 Å². The summed E-state index contributed by atoms with van der Waals surface area (Å²) < 4.78 is 18.6. The Morgan fingerprint density at radius 3 is 2.82 bits per heavy atom. The molecule has 1 aromatic carbocycles. The third-order valence-electron chi connectivity index (χ3n) is 2.41. The number of benzene rings is 1. The quantitative estimate of drug-likeness (QED) is 0.671. The van der Waals surface area contributed by atoms with Gasteiger partial charge >= 0.3 is 0 Å². The minimum absolute atomic E-state index is 0.0655. The Kier molecular flexibility index (Phi) is 5.15. The Labute approximate surface area is 111 Å². The summed E-state index contributed by atoms with van der Waals surface area (Å²) >= 11 is 11.0. The second-order valence-corrected chi connectivity index (χ2v) is 4.71. The van der Waals surface area contributed by atoms with Gasteiger partial charge < -0.3 is 10.5 Å². The van der Waals surface area contributed by atoms with Crippen molar-refractivity contribution in [1.29, 1.82) is 0 Å². The van der Waals surface area contributed by atoms with E-state index in [4.69, 9.17) is 34.3 Å². The van der Waals surface area contributed by atoms with Gasteiger partial charge in [0.05, 0.1) is 11.8 Å². The molecule has 1 rings (SSSR count). The van der Waals surface area contributed by atoms with Gasteiger partial charge in [0.2, 0.25) is 0 Å². The highest BCUT2D eigenvalue weighted by Gasteiger charge is 2.10. The first-order chi connectivity index (χ1) is 7.93. The van der Waals surface area contributed by atoms with E-state index in [1.807, 2.05) is 13.8 Å². The minimum atomic E-state index is -0.521. The summed E-state index contributed by atoms with van der Waals surface area (Å²) in [6.07, 6.45) is 1.31. The number of nitrogen functional groups attached to an aromatic ring is 1. The van der Waals surface area contributed by atoms with Crippen LogP contribution < -0.4 is 5.73 Å². The molecule has 0 aliphatic heterocycles. The SMILES string of the molecule is CCC(C)OC(=S)Cc1cc(N)c(F)cc1Cl.